The summed E-state index contributed by atoms with van der Waals surface area (Å²) in [4.78, 5) is 2.31. The molecule has 108 valence electrons. The van der Waals surface area contributed by atoms with Crippen LogP contribution >= 0.6 is 0 Å². The van der Waals surface area contributed by atoms with Gasteiger partial charge >= 0.3 is 0 Å². The van der Waals surface area contributed by atoms with Crippen molar-refractivity contribution in [2.75, 3.05) is 25.1 Å². The van der Waals surface area contributed by atoms with Gasteiger partial charge in [0.1, 0.15) is 15.6 Å². The van der Waals surface area contributed by atoms with Crippen LogP contribution in [-0.4, -0.2) is 43.6 Å². The highest BCUT2D eigenvalue weighted by Gasteiger charge is 2.24. The molecule has 0 aliphatic carbocycles. The predicted molar refractivity (Wildman–Crippen MR) is 73.7 cm³/mol. The van der Waals surface area contributed by atoms with Crippen LogP contribution in [0.3, 0.4) is 0 Å². The molecule has 0 saturated carbocycles. The van der Waals surface area contributed by atoms with E-state index in [0.29, 0.717) is 5.75 Å². The van der Waals surface area contributed by atoms with Crippen molar-refractivity contribution in [3.05, 3.63) is 17.0 Å². The number of aromatic nitrogens is 1. The molecule has 1 fully saturated rings. The van der Waals surface area contributed by atoms with Gasteiger partial charge in [0.15, 0.2) is 0 Å². The van der Waals surface area contributed by atoms with Gasteiger partial charge in [0.05, 0.1) is 11.4 Å². The number of hydrogen-bond donors (Lipinski definition) is 0. The van der Waals surface area contributed by atoms with Gasteiger partial charge in [-0.2, -0.15) is 0 Å². The van der Waals surface area contributed by atoms with Crippen molar-refractivity contribution in [1.82, 2.24) is 10.1 Å². The molecular weight excluding hydrogens is 264 g/mol. The lowest BCUT2D eigenvalue weighted by molar-refractivity contribution is 0.177. The molecule has 1 aromatic rings. The van der Waals surface area contributed by atoms with Crippen LogP contribution in [0.15, 0.2) is 4.52 Å². The molecule has 0 N–H and O–H groups in total. The second-order valence-electron chi connectivity index (χ2n) is 5.64. The average molecular weight is 286 g/mol. The first-order chi connectivity index (χ1) is 8.85. The first-order valence-corrected chi connectivity index (χ1v) is 8.73. The van der Waals surface area contributed by atoms with Crippen LogP contribution in [-0.2, 0) is 16.4 Å². The highest BCUT2D eigenvalue weighted by Crippen LogP contribution is 2.22. The largest absolute Gasteiger partial charge is 0.361 e. The molecular formula is C13H22N2O3S. The van der Waals surface area contributed by atoms with E-state index in [1.807, 2.05) is 13.8 Å². The molecule has 1 aliphatic rings. The van der Waals surface area contributed by atoms with Crippen LogP contribution in [0.5, 0.6) is 0 Å². The number of aryl methyl sites for hydroxylation is 2. The second kappa shape index (κ2) is 5.63. The zero-order chi connectivity index (χ0) is 14.0. The summed E-state index contributed by atoms with van der Waals surface area (Å²) >= 11 is 0. The zero-order valence-corrected chi connectivity index (χ0v) is 12.7. The molecule has 0 bridgehead atoms. The molecule has 1 atom stereocenters. The lowest BCUT2D eigenvalue weighted by atomic mass is 9.99. The van der Waals surface area contributed by atoms with Crippen LogP contribution in [0.2, 0.25) is 0 Å². The maximum absolute atomic E-state index is 11.4. The van der Waals surface area contributed by atoms with Gasteiger partial charge in [-0.1, -0.05) is 5.16 Å². The molecule has 6 heteroatoms. The molecule has 2 rings (SSSR count). The fourth-order valence-electron chi connectivity index (χ4n) is 2.81. The molecule has 0 unspecified atom stereocenters. The summed E-state index contributed by atoms with van der Waals surface area (Å²) in [6, 6.07) is 0. The summed E-state index contributed by atoms with van der Waals surface area (Å²) in [5.41, 5.74) is 2.07. The van der Waals surface area contributed by atoms with E-state index in [1.165, 1.54) is 6.26 Å². The maximum atomic E-state index is 11.4. The Kier molecular flexibility index (Phi) is 4.30. The zero-order valence-electron chi connectivity index (χ0n) is 11.8. The summed E-state index contributed by atoms with van der Waals surface area (Å²) in [5.74, 6) is 1.41. The maximum Gasteiger partial charge on any atom is 0.147 e. The minimum atomic E-state index is -2.88. The van der Waals surface area contributed by atoms with Gasteiger partial charge in [-0.3, -0.25) is 4.90 Å². The van der Waals surface area contributed by atoms with Gasteiger partial charge in [0, 0.05) is 24.9 Å². The number of nitrogens with zero attached hydrogens (tertiary/aromatic N) is 2. The molecule has 0 spiro atoms. The monoisotopic (exact) mass is 286 g/mol. The molecule has 19 heavy (non-hydrogen) atoms. The summed E-state index contributed by atoms with van der Waals surface area (Å²) < 4.78 is 27.9. The van der Waals surface area contributed by atoms with Crippen LogP contribution in [0, 0.1) is 19.8 Å². The molecule has 1 saturated heterocycles. The van der Waals surface area contributed by atoms with Crippen molar-refractivity contribution >= 4 is 9.84 Å². The third-order valence-electron chi connectivity index (χ3n) is 3.70. The molecule has 0 radical (unpaired) electrons. The van der Waals surface area contributed by atoms with Crippen LogP contribution in [0.4, 0.5) is 0 Å². The van der Waals surface area contributed by atoms with E-state index < -0.39 is 9.84 Å². The predicted octanol–water partition coefficient (Wildman–Crippen LogP) is 1.55. The van der Waals surface area contributed by atoms with Crippen molar-refractivity contribution in [1.29, 1.82) is 0 Å². The molecule has 1 aromatic heterocycles. The molecule has 1 aliphatic heterocycles. The Morgan fingerprint density at radius 2 is 2.16 bits per heavy atom. The Hall–Kier alpha value is -0.880. The Balaban J connectivity index is 1.98. The van der Waals surface area contributed by atoms with Crippen molar-refractivity contribution in [2.24, 2.45) is 5.92 Å². The Labute approximate surface area is 114 Å². The van der Waals surface area contributed by atoms with Gasteiger partial charge in [0.2, 0.25) is 0 Å². The first kappa shape index (κ1) is 14.5. The molecule has 0 aromatic carbocycles. The van der Waals surface area contributed by atoms with Gasteiger partial charge < -0.3 is 4.52 Å². The molecule has 2 heterocycles. The van der Waals surface area contributed by atoms with Gasteiger partial charge in [0.25, 0.3) is 0 Å². The average Bonchev–Trinajstić information content (AvgIpc) is 2.59. The highest BCUT2D eigenvalue weighted by atomic mass is 32.2. The quantitative estimate of drug-likeness (QED) is 0.840. The molecule has 0 amide bonds. The summed E-state index contributed by atoms with van der Waals surface area (Å²) in [5, 5.41) is 3.96. The van der Waals surface area contributed by atoms with E-state index in [0.717, 1.165) is 49.5 Å². The lowest BCUT2D eigenvalue weighted by Gasteiger charge is -2.32. The van der Waals surface area contributed by atoms with Crippen molar-refractivity contribution in [3.63, 3.8) is 0 Å². The van der Waals surface area contributed by atoms with Crippen LogP contribution < -0.4 is 0 Å². The second-order valence-corrected chi connectivity index (χ2v) is 7.82. The summed E-state index contributed by atoms with van der Waals surface area (Å²) in [7, 11) is -2.88. The smallest absolute Gasteiger partial charge is 0.147 e. The van der Waals surface area contributed by atoms with E-state index >= 15 is 0 Å². The minimum absolute atomic E-state index is 0.254. The number of likely N-dealkylation sites (tertiary alicyclic amines) is 1. The lowest BCUT2D eigenvalue weighted by Crippen LogP contribution is -2.37. The Morgan fingerprint density at radius 1 is 1.42 bits per heavy atom. The van der Waals surface area contributed by atoms with Gasteiger partial charge in [-0.05, 0) is 39.2 Å². The first-order valence-electron chi connectivity index (χ1n) is 6.67. The number of sulfone groups is 1. The topological polar surface area (TPSA) is 63.4 Å². The summed E-state index contributed by atoms with van der Waals surface area (Å²) in [6.45, 7) is 6.54. The van der Waals surface area contributed by atoms with E-state index in [-0.39, 0.29) is 5.92 Å². The number of hydrogen-bond acceptors (Lipinski definition) is 5. The highest BCUT2D eigenvalue weighted by molar-refractivity contribution is 7.90. The number of piperidine rings is 1. The van der Waals surface area contributed by atoms with Crippen LogP contribution in [0.1, 0.15) is 29.9 Å². The van der Waals surface area contributed by atoms with E-state index in [4.69, 9.17) is 4.52 Å². The van der Waals surface area contributed by atoms with Gasteiger partial charge in [-0.15, -0.1) is 0 Å². The normalized spacial score (nSPS) is 21.7. The van der Waals surface area contributed by atoms with Crippen molar-refractivity contribution in [2.45, 2.75) is 33.2 Å². The third-order valence-corrected chi connectivity index (χ3v) is 4.78. The number of rotatable bonds is 4. The van der Waals surface area contributed by atoms with Crippen LogP contribution in [0.25, 0.3) is 0 Å². The van der Waals surface area contributed by atoms with E-state index in [9.17, 15) is 8.42 Å². The fourth-order valence-corrected chi connectivity index (χ4v) is 3.94. The fraction of sp³-hybridized carbons (Fsp3) is 0.769. The summed E-state index contributed by atoms with van der Waals surface area (Å²) in [6.07, 6.45) is 3.38. The standard InChI is InChI=1S/C13H22N2O3S/c1-10-13(11(2)18-14-10)8-15-6-4-5-12(7-15)9-19(3,16)17/h12H,4-9H2,1-3H3/t12-/m1/s1. The van der Waals surface area contributed by atoms with Crippen molar-refractivity contribution < 1.29 is 12.9 Å². The van der Waals surface area contributed by atoms with Gasteiger partial charge in [-0.25, -0.2) is 8.42 Å². The molecule has 5 nitrogen and oxygen atoms in total. The Morgan fingerprint density at radius 3 is 2.74 bits per heavy atom. The van der Waals surface area contributed by atoms with E-state index in [1.54, 1.807) is 0 Å². The minimum Gasteiger partial charge on any atom is -0.361 e. The third kappa shape index (κ3) is 4.04. The van der Waals surface area contributed by atoms with E-state index in [2.05, 4.69) is 10.1 Å². The SMILES string of the molecule is Cc1noc(C)c1CN1CCC[C@@H](CS(C)(=O)=O)C1. The van der Waals surface area contributed by atoms with Crippen molar-refractivity contribution in [3.8, 4) is 0 Å². The Bertz CT molecular complexity index is 517.